The topological polar surface area (TPSA) is 34.1 Å². The molecule has 0 aliphatic rings. The summed E-state index contributed by atoms with van der Waals surface area (Å²) in [6.07, 6.45) is 0.873. The molecular formula is C15H18O2S2. The van der Waals surface area contributed by atoms with E-state index in [1.807, 2.05) is 32.9 Å². The zero-order valence-electron chi connectivity index (χ0n) is 11.6. The van der Waals surface area contributed by atoms with Crippen LogP contribution in [0.4, 0.5) is 0 Å². The van der Waals surface area contributed by atoms with Gasteiger partial charge in [-0.25, -0.2) is 8.42 Å². The highest BCUT2D eigenvalue weighted by molar-refractivity contribution is 7.93. The smallest absolute Gasteiger partial charge is 0.216 e. The molecule has 19 heavy (non-hydrogen) atoms. The van der Waals surface area contributed by atoms with E-state index in [2.05, 4.69) is 6.92 Å². The second-order valence-electron chi connectivity index (χ2n) is 4.72. The molecular weight excluding hydrogens is 276 g/mol. The fraction of sp³-hybridized carbons (Fsp3) is 0.333. The van der Waals surface area contributed by atoms with Gasteiger partial charge < -0.3 is 0 Å². The van der Waals surface area contributed by atoms with Crippen LogP contribution in [-0.2, 0) is 16.3 Å². The second-order valence-corrected chi connectivity index (χ2v) is 8.09. The first-order valence-corrected chi connectivity index (χ1v) is 8.58. The van der Waals surface area contributed by atoms with Crippen LogP contribution in [0.25, 0.3) is 0 Å². The first kappa shape index (κ1) is 14.3. The fourth-order valence-electron chi connectivity index (χ4n) is 2.26. The first-order chi connectivity index (χ1) is 8.87. The molecule has 0 aliphatic carbocycles. The molecule has 0 aliphatic heterocycles. The van der Waals surface area contributed by atoms with Crippen molar-refractivity contribution in [3.63, 3.8) is 0 Å². The van der Waals surface area contributed by atoms with Crippen molar-refractivity contribution in [1.82, 2.24) is 0 Å². The minimum absolute atomic E-state index is 0.380. The summed E-state index contributed by atoms with van der Waals surface area (Å²) in [7, 11) is -3.38. The molecule has 2 nitrogen and oxygen atoms in total. The third kappa shape index (κ3) is 2.47. The standard InChI is InChI=1S/C15H18O2S2/c1-5-14-11(3)15(18-12(14)4)19(16,17)13-8-6-10(2)7-9-13/h6-9H,5H2,1-4H3. The summed E-state index contributed by atoms with van der Waals surface area (Å²) in [6, 6.07) is 7.04. The normalized spacial score (nSPS) is 11.8. The second kappa shape index (κ2) is 5.10. The monoisotopic (exact) mass is 294 g/mol. The van der Waals surface area contributed by atoms with Gasteiger partial charge in [0.05, 0.1) is 4.90 Å². The van der Waals surface area contributed by atoms with Gasteiger partial charge in [0.2, 0.25) is 9.84 Å². The number of sulfone groups is 1. The number of thiophene rings is 1. The molecule has 0 amide bonds. The molecule has 0 spiro atoms. The number of hydrogen-bond acceptors (Lipinski definition) is 3. The molecule has 0 radical (unpaired) electrons. The van der Waals surface area contributed by atoms with Gasteiger partial charge in [0.1, 0.15) is 4.21 Å². The highest BCUT2D eigenvalue weighted by atomic mass is 32.2. The summed E-state index contributed by atoms with van der Waals surface area (Å²) < 4.78 is 25.8. The van der Waals surface area contributed by atoms with Gasteiger partial charge in [-0.3, -0.25) is 0 Å². The van der Waals surface area contributed by atoms with Crippen molar-refractivity contribution in [3.8, 4) is 0 Å². The molecule has 0 fully saturated rings. The minimum Gasteiger partial charge on any atom is -0.218 e. The Hall–Kier alpha value is -1.13. The van der Waals surface area contributed by atoms with Crippen LogP contribution in [0.2, 0.25) is 0 Å². The third-order valence-electron chi connectivity index (χ3n) is 3.36. The van der Waals surface area contributed by atoms with Crippen molar-refractivity contribution in [2.45, 2.75) is 43.2 Å². The Balaban J connectivity index is 2.60. The predicted octanol–water partition coefficient (Wildman–Crippen LogP) is 4.07. The molecule has 4 heteroatoms. The molecule has 2 rings (SSSR count). The molecule has 0 saturated heterocycles. The van der Waals surface area contributed by atoms with Crippen LogP contribution >= 0.6 is 11.3 Å². The summed E-state index contributed by atoms with van der Waals surface area (Å²) >= 11 is 1.38. The Kier molecular flexibility index (Phi) is 3.83. The van der Waals surface area contributed by atoms with E-state index in [0.717, 1.165) is 28.0 Å². The Morgan fingerprint density at radius 2 is 1.63 bits per heavy atom. The van der Waals surface area contributed by atoms with Crippen LogP contribution in [0.3, 0.4) is 0 Å². The number of aryl methyl sites for hydroxylation is 2. The van der Waals surface area contributed by atoms with Crippen LogP contribution in [0.5, 0.6) is 0 Å². The quantitative estimate of drug-likeness (QED) is 0.855. The number of benzene rings is 1. The van der Waals surface area contributed by atoms with Crippen LogP contribution in [0.1, 0.15) is 28.5 Å². The highest BCUT2D eigenvalue weighted by Crippen LogP contribution is 2.35. The van der Waals surface area contributed by atoms with E-state index < -0.39 is 9.84 Å². The summed E-state index contributed by atoms with van der Waals surface area (Å²) in [4.78, 5) is 1.48. The predicted molar refractivity (Wildman–Crippen MR) is 79.8 cm³/mol. The van der Waals surface area contributed by atoms with Crippen molar-refractivity contribution >= 4 is 21.2 Å². The van der Waals surface area contributed by atoms with E-state index in [1.165, 1.54) is 11.3 Å². The van der Waals surface area contributed by atoms with E-state index in [0.29, 0.717) is 9.10 Å². The van der Waals surface area contributed by atoms with Crippen LogP contribution < -0.4 is 0 Å². The molecule has 1 heterocycles. The highest BCUT2D eigenvalue weighted by Gasteiger charge is 2.24. The fourth-order valence-corrected chi connectivity index (χ4v) is 5.57. The van der Waals surface area contributed by atoms with E-state index in [-0.39, 0.29) is 0 Å². The average Bonchev–Trinajstić information content (AvgIpc) is 2.65. The lowest BCUT2D eigenvalue weighted by Crippen LogP contribution is -2.01. The number of rotatable bonds is 3. The van der Waals surface area contributed by atoms with Gasteiger partial charge in [0, 0.05) is 4.88 Å². The molecule has 0 bridgehead atoms. The summed E-state index contributed by atoms with van der Waals surface area (Å²) in [5.74, 6) is 0. The Morgan fingerprint density at radius 3 is 2.11 bits per heavy atom. The summed E-state index contributed by atoms with van der Waals surface area (Å²) in [6.45, 7) is 7.91. The third-order valence-corrected chi connectivity index (χ3v) is 7.00. The molecule has 102 valence electrons. The van der Waals surface area contributed by atoms with Crippen molar-refractivity contribution < 1.29 is 8.42 Å². The molecule has 0 N–H and O–H groups in total. The number of hydrogen-bond donors (Lipinski definition) is 0. The largest absolute Gasteiger partial charge is 0.218 e. The van der Waals surface area contributed by atoms with Gasteiger partial charge in [0.15, 0.2) is 0 Å². The van der Waals surface area contributed by atoms with E-state index in [4.69, 9.17) is 0 Å². The summed E-state index contributed by atoms with van der Waals surface area (Å²) in [5.41, 5.74) is 3.13. The Bertz CT molecular complexity index is 692. The Morgan fingerprint density at radius 1 is 1.05 bits per heavy atom. The van der Waals surface area contributed by atoms with Crippen molar-refractivity contribution in [3.05, 3.63) is 45.8 Å². The van der Waals surface area contributed by atoms with Crippen LogP contribution in [-0.4, -0.2) is 8.42 Å². The van der Waals surface area contributed by atoms with Gasteiger partial charge >= 0.3 is 0 Å². The molecule has 0 atom stereocenters. The van der Waals surface area contributed by atoms with Crippen molar-refractivity contribution in [2.75, 3.05) is 0 Å². The van der Waals surface area contributed by atoms with E-state index in [1.54, 1.807) is 12.1 Å². The lowest BCUT2D eigenvalue weighted by molar-refractivity contribution is 0.597. The lowest BCUT2D eigenvalue weighted by Gasteiger charge is -2.04. The molecule has 2 aromatic rings. The zero-order valence-corrected chi connectivity index (χ0v) is 13.3. The first-order valence-electron chi connectivity index (χ1n) is 6.28. The van der Waals surface area contributed by atoms with E-state index in [9.17, 15) is 8.42 Å². The van der Waals surface area contributed by atoms with Crippen molar-refractivity contribution in [1.29, 1.82) is 0 Å². The maximum Gasteiger partial charge on any atom is 0.216 e. The average molecular weight is 294 g/mol. The molecule has 0 unspecified atom stereocenters. The van der Waals surface area contributed by atoms with Gasteiger partial charge in [0.25, 0.3) is 0 Å². The molecule has 1 aromatic carbocycles. The van der Waals surface area contributed by atoms with E-state index >= 15 is 0 Å². The van der Waals surface area contributed by atoms with Crippen molar-refractivity contribution in [2.24, 2.45) is 0 Å². The molecule has 0 saturated carbocycles. The Labute approximate surface area is 119 Å². The van der Waals surface area contributed by atoms with Crippen LogP contribution in [0.15, 0.2) is 33.4 Å². The maximum absolute atomic E-state index is 12.7. The molecule has 1 aromatic heterocycles. The minimum atomic E-state index is -3.38. The van der Waals surface area contributed by atoms with Gasteiger partial charge in [-0.05, 0) is 50.5 Å². The zero-order chi connectivity index (χ0) is 14.2. The maximum atomic E-state index is 12.7. The van der Waals surface area contributed by atoms with Gasteiger partial charge in [-0.2, -0.15) is 0 Å². The van der Waals surface area contributed by atoms with Gasteiger partial charge in [-0.1, -0.05) is 24.6 Å². The lowest BCUT2D eigenvalue weighted by atomic mass is 10.1. The SMILES string of the molecule is CCc1c(C)sc(S(=O)(=O)c2ccc(C)cc2)c1C. The summed E-state index contributed by atoms with van der Waals surface area (Å²) in [5, 5.41) is 0. The van der Waals surface area contributed by atoms with Crippen LogP contribution in [0, 0.1) is 20.8 Å². The van der Waals surface area contributed by atoms with Gasteiger partial charge in [-0.15, -0.1) is 11.3 Å².